The lowest BCUT2D eigenvalue weighted by Gasteiger charge is -2.30. The van der Waals surface area contributed by atoms with Gasteiger partial charge in [-0.2, -0.15) is 0 Å². The van der Waals surface area contributed by atoms with Crippen LogP contribution in [0.1, 0.15) is 59.8 Å². The predicted molar refractivity (Wildman–Crippen MR) is 69.6 cm³/mol. The molecule has 2 aliphatic rings. The van der Waals surface area contributed by atoms with Crippen LogP contribution in [0.4, 0.5) is 0 Å². The van der Waals surface area contributed by atoms with Gasteiger partial charge in [-0.15, -0.1) is 0 Å². The van der Waals surface area contributed by atoms with Crippen molar-refractivity contribution >= 4 is 5.91 Å². The Labute approximate surface area is 105 Å². The Kier molecular flexibility index (Phi) is 3.23. The summed E-state index contributed by atoms with van der Waals surface area (Å²) in [6.07, 6.45) is 5.70. The normalized spacial score (nSPS) is 28.4. The number of carbonyl (C=O) groups excluding carboxylic acids is 1. The van der Waals surface area contributed by atoms with Gasteiger partial charge in [0.25, 0.3) is 0 Å². The molecular formula is C14H26N2O. The van der Waals surface area contributed by atoms with Crippen molar-refractivity contribution in [3.63, 3.8) is 0 Å². The van der Waals surface area contributed by atoms with Gasteiger partial charge in [0.15, 0.2) is 0 Å². The first-order chi connectivity index (χ1) is 7.88. The maximum atomic E-state index is 12.6. The second-order valence-corrected chi connectivity index (χ2v) is 6.85. The molecule has 1 saturated heterocycles. The molecule has 3 heteroatoms. The average molecular weight is 238 g/mol. The molecule has 1 N–H and O–H groups in total. The fraction of sp³-hybridized carbons (Fsp3) is 0.929. The second-order valence-electron chi connectivity index (χ2n) is 6.85. The number of nitrogens with one attached hydrogen (secondary N) is 1. The van der Waals surface area contributed by atoms with Crippen LogP contribution in [-0.2, 0) is 4.79 Å². The summed E-state index contributed by atoms with van der Waals surface area (Å²) in [5.41, 5.74) is -0.0270. The highest BCUT2D eigenvalue weighted by molar-refractivity contribution is 5.89. The molecule has 1 atom stereocenters. The van der Waals surface area contributed by atoms with E-state index in [1.165, 1.54) is 12.8 Å². The number of hydrogen-bond donors (Lipinski definition) is 1. The Morgan fingerprint density at radius 2 is 1.94 bits per heavy atom. The fourth-order valence-electron chi connectivity index (χ4n) is 3.23. The van der Waals surface area contributed by atoms with Gasteiger partial charge in [0.1, 0.15) is 0 Å². The zero-order chi connectivity index (χ0) is 12.7. The molecule has 98 valence electrons. The van der Waals surface area contributed by atoms with Crippen LogP contribution < -0.4 is 5.32 Å². The zero-order valence-corrected chi connectivity index (χ0v) is 11.7. The molecule has 0 radical (unpaired) electrons. The first-order valence-electron chi connectivity index (χ1n) is 6.97. The molecule has 2 fully saturated rings. The molecule has 0 bridgehead atoms. The van der Waals surface area contributed by atoms with Crippen molar-refractivity contribution in [3.8, 4) is 0 Å². The van der Waals surface area contributed by atoms with Crippen LogP contribution in [0, 0.1) is 5.41 Å². The van der Waals surface area contributed by atoms with Crippen LogP contribution >= 0.6 is 0 Å². The Morgan fingerprint density at radius 1 is 1.35 bits per heavy atom. The first kappa shape index (κ1) is 12.9. The molecule has 2 rings (SSSR count). The Bertz CT molecular complexity index is 300. The van der Waals surface area contributed by atoms with Gasteiger partial charge in [-0.25, -0.2) is 0 Å². The summed E-state index contributed by atoms with van der Waals surface area (Å²) < 4.78 is 0. The molecule has 1 aliphatic carbocycles. The van der Waals surface area contributed by atoms with Crippen LogP contribution in [0.15, 0.2) is 0 Å². The van der Waals surface area contributed by atoms with Crippen molar-refractivity contribution in [3.05, 3.63) is 0 Å². The Hall–Kier alpha value is -0.570. The van der Waals surface area contributed by atoms with E-state index in [1.54, 1.807) is 0 Å². The minimum atomic E-state index is -0.202. The van der Waals surface area contributed by atoms with Crippen molar-refractivity contribution in [2.24, 2.45) is 5.41 Å². The Morgan fingerprint density at radius 3 is 2.41 bits per heavy atom. The molecule has 17 heavy (non-hydrogen) atoms. The summed E-state index contributed by atoms with van der Waals surface area (Å²) in [4.78, 5) is 14.7. The van der Waals surface area contributed by atoms with Crippen molar-refractivity contribution in [2.75, 3.05) is 6.54 Å². The van der Waals surface area contributed by atoms with Crippen LogP contribution in [0.2, 0.25) is 0 Å². The van der Waals surface area contributed by atoms with Gasteiger partial charge in [0.05, 0.1) is 11.7 Å². The lowest BCUT2D eigenvalue weighted by molar-refractivity contribution is -0.134. The SMILES string of the molecule is CCC1NC2(CCCC2)C(=O)N1CC(C)(C)C. The van der Waals surface area contributed by atoms with Gasteiger partial charge in [0.2, 0.25) is 5.91 Å². The van der Waals surface area contributed by atoms with Gasteiger partial charge in [-0.05, 0) is 24.7 Å². The highest BCUT2D eigenvalue weighted by atomic mass is 16.2. The third-order valence-corrected chi connectivity index (χ3v) is 3.98. The number of hydrogen-bond acceptors (Lipinski definition) is 2. The lowest BCUT2D eigenvalue weighted by Crippen LogP contribution is -2.44. The van der Waals surface area contributed by atoms with Crippen LogP contribution in [0.5, 0.6) is 0 Å². The highest BCUT2D eigenvalue weighted by Crippen LogP contribution is 2.37. The molecule has 1 heterocycles. The molecule has 0 aromatic rings. The first-order valence-corrected chi connectivity index (χ1v) is 6.97. The van der Waals surface area contributed by atoms with Crippen molar-refractivity contribution < 1.29 is 4.79 Å². The number of amides is 1. The molecule has 1 aliphatic heterocycles. The summed E-state index contributed by atoms with van der Waals surface area (Å²) in [6.45, 7) is 9.62. The van der Waals surface area contributed by atoms with Gasteiger partial charge >= 0.3 is 0 Å². The minimum Gasteiger partial charge on any atom is -0.325 e. The molecule has 1 saturated carbocycles. The van der Waals surface area contributed by atoms with Gasteiger partial charge in [-0.3, -0.25) is 10.1 Å². The smallest absolute Gasteiger partial charge is 0.244 e. The van der Waals surface area contributed by atoms with Crippen LogP contribution in [0.3, 0.4) is 0 Å². The van der Waals surface area contributed by atoms with E-state index in [4.69, 9.17) is 0 Å². The number of nitrogens with zero attached hydrogens (tertiary/aromatic N) is 1. The zero-order valence-electron chi connectivity index (χ0n) is 11.7. The summed E-state index contributed by atoms with van der Waals surface area (Å²) in [6, 6.07) is 0. The summed E-state index contributed by atoms with van der Waals surface area (Å²) >= 11 is 0. The molecule has 1 amide bonds. The molecule has 3 nitrogen and oxygen atoms in total. The van der Waals surface area contributed by atoms with Crippen LogP contribution in [-0.4, -0.2) is 29.1 Å². The molecule has 0 aromatic carbocycles. The van der Waals surface area contributed by atoms with E-state index in [2.05, 4.69) is 37.9 Å². The summed E-state index contributed by atoms with van der Waals surface area (Å²) in [5, 5.41) is 3.61. The lowest BCUT2D eigenvalue weighted by atomic mass is 9.94. The van der Waals surface area contributed by atoms with Gasteiger partial charge < -0.3 is 4.90 Å². The predicted octanol–water partition coefficient (Wildman–Crippen LogP) is 2.51. The Balaban J connectivity index is 2.17. The monoisotopic (exact) mass is 238 g/mol. The van der Waals surface area contributed by atoms with E-state index >= 15 is 0 Å². The number of carbonyl (C=O) groups is 1. The van der Waals surface area contributed by atoms with E-state index in [1.807, 2.05) is 0 Å². The highest BCUT2D eigenvalue weighted by Gasteiger charge is 2.52. The molecular weight excluding hydrogens is 212 g/mol. The van der Waals surface area contributed by atoms with Crippen molar-refractivity contribution in [1.29, 1.82) is 0 Å². The fourth-order valence-corrected chi connectivity index (χ4v) is 3.23. The van der Waals surface area contributed by atoms with E-state index < -0.39 is 0 Å². The standard InChI is InChI=1S/C14H26N2O/c1-5-11-15-14(8-6-7-9-14)12(17)16(11)10-13(2,3)4/h11,15H,5-10H2,1-4H3. The van der Waals surface area contributed by atoms with Gasteiger partial charge in [-0.1, -0.05) is 40.5 Å². The maximum absolute atomic E-state index is 12.6. The third-order valence-electron chi connectivity index (χ3n) is 3.98. The van der Waals surface area contributed by atoms with E-state index in [0.717, 1.165) is 25.8 Å². The topological polar surface area (TPSA) is 32.3 Å². The van der Waals surface area contributed by atoms with Crippen molar-refractivity contribution in [1.82, 2.24) is 10.2 Å². The number of rotatable bonds is 2. The maximum Gasteiger partial charge on any atom is 0.244 e. The van der Waals surface area contributed by atoms with Gasteiger partial charge in [0, 0.05) is 6.54 Å². The third kappa shape index (κ3) is 2.35. The van der Waals surface area contributed by atoms with E-state index in [9.17, 15) is 4.79 Å². The molecule has 1 spiro atoms. The largest absolute Gasteiger partial charge is 0.325 e. The summed E-state index contributed by atoms with van der Waals surface area (Å²) in [7, 11) is 0. The van der Waals surface area contributed by atoms with Crippen LogP contribution in [0.25, 0.3) is 0 Å². The average Bonchev–Trinajstić information content (AvgIpc) is 2.78. The second kappa shape index (κ2) is 4.27. The van der Waals surface area contributed by atoms with E-state index in [0.29, 0.717) is 5.91 Å². The molecule has 1 unspecified atom stereocenters. The van der Waals surface area contributed by atoms with Crippen molar-refractivity contribution in [2.45, 2.75) is 71.5 Å². The quantitative estimate of drug-likeness (QED) is 0.801. The minimum absolute atomic E-state index is 0.175. The molecule has 0 aromatic heterocycles. The summed E-state index contributed by atoms with van der Waals surface area (Å²) in [5.74, 6) is 0.358. The van der Waals surface area contributed by atoms with E-state index in [-0.39, 0.29) is 17.1 Å².